The van der Waals surface area contributed by atoms with Crippen molar-refractivity contribution in [3.05, 3.63) is 72.3 Å². The van der Waals surface area contributed by atoms with Crippen LogP contribution < -0.4 is 9.64 Å². The van der Waals surface area contributed by atoms with Crippen molar-refractivity contribution in [2.24, 2.45) is 0 Å². The number of rotatable bonds is 4. The van der Waals surface area contributed by atoms with Gasteiger partial charge < -0.3 is 14.4 Å². The lowest BCUT2D eigenvalue weighted by atomic mass is 10.1. The average Bonchev–Trinajstić information content (AvgIpc) is 2.59. The fourth-order valence-electron chi connectivity index (χ4n) is 2.40. The van der Waals surface area contributed by atoms with Crippen LogP contribution in [0.3, 0.4) is 0 Å². The molecule has 0 bridgehead atoms. The molecule has 2 aromatic carbocycles. The number of carbonyl (C=O) groups is 1. The molecule has 0 fully saturated rings. The Kier molecular flexibility index (Phi) is 4.10. The highest BCUT2D eigenvalue weighted by Crippen LogP contribution is 2.29. The number of esters is 1. The first-order chi connectivity index (χ1) is 10.8. The standard InChI is InChI=1S/C18H17NO3/c1-2-18(20)21-12-14-8-9-17-15(10-14)11-19(13-22-17)16-6-4-3-5-7-16/h2-10H,1,11-13H2. The van der Waals surface area contributed by atoms with Crippen LogP contribution in [0.1, 0.15) is 11.1 Å². The average molecular weight is 295 g/mol. The molecule has 1 heterocycles. The highest BCUT2D eigenvalue weighted by Gasteiger charge is 2.18. The monoisotopic (exact) mass is 295 g/mol. The van der Waals surface area contributed by atoms with Crippen molar-refractivity contribution in [1.29, 1.82) is 0 Å². The summed E-state index contributed by atoms with van der Waals surface area (Å²) in [6.07, 6.45) is 1.17. The lowest BCUT2D eigenvalue weighted by molar-refractivity contribution is -0.138. The van der Waals surface area contributed by atoms with E-state index in [1.165, 1.54) is 6.08 Å². The van der Waals surface area contributed by atoms with E-state index in [0.717, 1.165) is 29.1 Å². The maximum absolute atomic E-state index is 11.1. The second-order valence-corrected chi connectivity index (χ2v) is 5.06. The number of hydrogen-bond donors (Lipinski definition) is 0. The first-order valence-electron chi connectivity index (χ1n) is 7.10. The minimum atomic E-state index is -0.417. The molecule has 0 atom stereocenters. The Balaban J connectivity index is 1.75. The minimum absolute atomic E-state index is 0.240. The van der Waals surface area contributed by atoms with E-state index in [4.69, 9.17) is 9.47 Å². The van der Waals surface area contributed by atoms with Crippen LogP contribution in [0.4, 0.5) is 5.69 Å². The molecule has 0 radical (unpaired) electrons. The number of fused-ring (bicyclic) bond motifs is 1. The van der Waals surface area contributed by atoms with Gasteiger partial charge in [0.1, 0.15) is 12.4 Å². The molecule has 22 heavy (non-hydrogen) atoms. The minimum Gasteiger partial charge on any atom is -0.473 e. The third-order valence-corrected chi connectivity index (χ3v) is 3.53. The van der Waals surface area contributed by atoms with Crippen LogP contribution in [0.15, 0.2) is 61.2 Å². The summed E-state index contributed by atoms with van der Waals surface area (Å²) in [5.74, 6) is 0.464. The molecule has 0 N–H and O–H groups in total. The van der Waals surface area contributed by atoms with Crippen molar-refractivity contribution >= 4 is 11.7 Å². The van der Waals surface area contributed by atoms with Crippen LogP contribution in [-0.2, 0) is 22.7 Å². The lowest BCUT2D eigenvalue weighted by Crippen LogP contribution is -2.31. The summed E-state index contributed by atoms with van der Waals surface area (Å²) in [7, 11) is 0. The summed E-state index contributed by atoms with van der Waals surface area (Å²) >= 11 is 0. The van der Waals surface area contributed by atoms with E-state index in [2.05, 4.69) is 23.6 Å². The Morgan fingerprint density at radius 1 is 1.27 bits per heavy atom. The van der Waals surface area contributed by atoms with E-state index < -0.39 is 5.97 Å². The molecule has 0 aliphatic carbocycles. The van der Waals surface area contributed by atoms with Crippen LogP contribution in [0.2, 0.25) is 0 Å². The second kappa shape index (κ2) is 6.35. The molecule has 112 valence electrons. The fraction of sp³-hybridized carbons (Fsp3) is 0.167. The van der Waals surface area contributed by atoms with Crippen LogP contribution in [0.5, 0.6) is 5.75 Å². The number of benzene rings is 2. The van der Waals surface area contributed by atoms with Crippen molar-refractivity contribution in [2.45, 2.75) is 13.2 Å². The van der Waals surface area contributed by atoms with Gasteiger partial charge in [-0.05, 0) is 29.8 Å². The van der Waals surface area contributed by atoms with Crippen LogP contribution in [0, 0.1) is 0 Å². The highest BCUT2D eigenvalue weighted by atomic mass is 16.5. The molecule has 0 aromatic heterocycles. The van der Waals surface area contributed by atoms with Gasteiger partial charge in [0.25, 0.3) is 0 Å². The second-order valence-electron chi connectivity index (χ2n) is 5.06. The fourth-order valence-corrected chi connectivity index (χ4v) is 2.40. The molecule has 0 unspecified atom stereocenters. The molecular formula is C18H17NO3. The van der Waals surface area contributed by atoms with Crippen LogP contribution in [0.25, 0.3) is 0 Å². The zero-order valence-corrected chi connectivity index (χ0v) is 12.2. The van der Waals surface area contributed by atoms with Crippen LogP contribution in [-0.4, -0.2) is 12.7 Å². The molecule has 3 rings (SSSR count). The van der Waals surface area contributed by atoms with Crippen molar-refractivity contribution in [3.8, 4) is 5.75 Å². The molecule has 0 amide bonds. The summed E-state index contributed by atoms with van der Waals surface area (Å²) in [5, 5.41) is 0. The molecule has 4 heteroatoms. The van der Waals surface area contributed by atoms with Crippen molar-refractivity contribution in [3.63, 3.8) is 0 Å². The summed E-state index contributed by atoms with van der Waals surface area (Å²) < 4.78 is 10.9. The maximum Gasteiger partial charge on any atom is 0.330 e. The topological polar surface area (TPSA) is 38.8 Å². The van der Waals surface area contributed by atoms with Gasteiger partial charge in [-0.25, -0.2) is 4.79 Å². The largest absolute Gasteiger partial charge is 0.473 e. The van der Waals surface area contributed by atoms with E-state index in [0.29, 0.717) is 6.73 Å². The Morgan fingerprint density at radius 3 is 2.86 bits per heavy atom. The zero-order chi connectivity index (χ0) is 15.4. The molecule has 0 saturated carbocycles. The molecule has 2 aromatic rings. The third-order valence-electron chi connectivity index (χ3n) is 3.53. The number of anilines is 1. The molecule has 1 aliphatic heterocycles. The van der Waals surface area contributed by atoms with Crippen molar-refractivity contribution < 1.29 is 14.3 Å². The Labute approximate surface area is 129 Å². The predicted octanol–water partition coefficient (Wildman–Crippen LogP) is 3.27. The van der Waals surface area contributed by atoms with Gasteiger partial charge in [-0.2, -0.15) is 0 Å². The third kappa shape index (κ3) is 3.11. The van der Waals surface area contributed by atoms with Crippen LogP contribution >= 0.6 is 0 Å². The van der Waals surface area contributed by atoms with Gasteiger partial charge in [0.15, 0.2) is 6.73 Å². The number of carbonyl (C=O) groups excluding carboxylic acids is 1. The van der Waals surface area contributed by atoms with E-state index in [-0.39, 0.29) is 6.61 Å². The van der Waals surface area contributed by atoms with Gasteiger partial charge in [-0.3, -0.25) is 0 Å². The highest BCUT2D eigenvalue weighted by molar-refractivity contribution is 5.81. The van der Waals surface area contributed by atoms with Crippen molar-refractivity contribution in [1.82, 2.24) is 0 Å². The summed E-state index contributed by atoms with van der Waals surface area (Å²) in [4.78, 5) is 13.3. The predicted molar refractivity (Wildman–Crippen MR) is 84.6 cm³/mol. The smallest absolute Gasteiger partial charge is 0.330 e. The molecule has 0 saturated heterocycles. The number of nitrogens with zero attached hydrogens (tertiary/aromatic N) is 1. The lowest BCUT2D eigenvalue weighted by Gasteiger charge is -2.31. The first kappa shape index (κ1) is 14.2. The van der Waals surface area contributed by atoms with Gasteiger partial charge in [0, 0.05) is 23.9 Å². The summed E-state index contributed by atoms with van der Waals surface area (Å²) in [5.41, 5.74) is 3.14. The van der Waals surface area contributed by atoms with Crippen molar-refractivity contribution in [2.75, 3.05) is 11.6 Å². The van der Waals surface area contributed by atoms with Gasteiger partial charge in [0.05, 0.1) is 0 Å². The van der Waals surface area contributed by atoms with Gasteiger partial charge in [0.2, 0.25) is 0 Å². The summed E-state index contributed by atoms with van der Waals surface area (Å²) in [6.45, 7) is 4.92. The van der Waals surface area contributed by atoms with E-state index in [9.17, 15) is 4.79 Å². The van der Waals surface area contributed by atoms with Gasteiger partial charge in [-0.15, -0.1) is 0 Å². The molecular weight excluding hydrogens is 278 g/mol. The number of para-hydroxylation sites is 1. The number of hydrogen-bond acceptors (Lipinski definition) is 4. The zero-order valence-electron chi connectivity index (χ0n) is 12.2. The maximum atomic E-state index is 11.1. The molecule has 1 aliphatic rings. The van der Waals surface area contributed by atoms with E-state index >= 15 is 0 Å². The van der Waals surface area contributed by atoms with E-state index in [1.807, 2.05) is 36.4 Å². The normalized spacial score (nSPS) is 13.0. The van der Waals surface area contributed by atoms with Gasteiger partial charge in [-0.1, -0.05) is 30.8 Å². The molecule has 0 spiro atoms. The van der Waals surface area contributed by atoms with Gasteiger partial charge >= 0.3 is 5.97 Å². The number of ether oxygens (including phenoxy) is 2. The summed E-state index contributed by atoms with van der Waals surface area (Å²) in [6, 6.07) is 16.0. The Bertz CT molecular complexity index is 682. The Hall–Kier alpha value is -2.75. The van der Waals surface area contributed by atoms with E-state index in [1.54, 1.807) is 0 Å². The first-order valence-corrected chi connectivity index (χ1v) is 7.10. The SMILES string of the molecule is C=CC(=O)OCc1ccc2c(c1)CN(c1ccccc1)CO2. The quantitative estimate of drug-likeness (QED) is 0.641. The molecule has 4 nitrogen and oxygen atoms in total. The Morgan fingerprint density at radius 2 is 2.09 bits per heavy atom.